The van der Waals surface area contributed by atoms with Crippen LogP contribution in [0.15, 0.2) is 11.6 Å². The Morgan fingerprint density at radius 1 is 1.71 bits per heavy atom. The van der Waals surface area contributed by atoms with Crippen LogP contribution in [-0.4, -0.2) is 6.54 Å². The minimum absolute atomic E-state index is 0.528. The average molecular weight is 96.2 g/mol. The maximum Gasteiger partial charge on any atom is 0.0310 e. The van der Waals surface area contributed by atoms with Crippen molar-refractivity contribution in [3.05, 3.63) is 11.6 Å². The van der Waals surface area contributed by atoms with E-state index >= 15 is 0 Å². The van der Waals surface area contributed by atoms with Gasteiger partial charge < -0.3 is 0 Å². The van der Waals surface area contributed by atoms with Gasteiger partial charge in [0.1, 0.15) is 0 Å². The lowest BCUT2D eigenvalue weighted by Gasteiger charge is -1.88. The SMILES string of the molecule is [NH]CC1=CCCC1. The van der Waals surface area contributed by atoms with Gasteiger partial charge in [-0.2, -0.15) is 0 Å². The summed E-state index contributed by atoms with van der Waals surface area (Å²) in [6, 6.07) is 0. The molecule has 39 valence electrons. The van der Waals surface area contributed by atoms with E-state index in [0.29, 0.717) is 6.54 Å². The summed E-state index contributed by atoms with van der Waals surface area (Å²) in [5, 5.41) is 0. The molecule has 0 aromatic heterocycles. The molecule has 0 bridgehead atoms. The van der Waals surface area contributed by atoms with Gasteiger partial charge in [0.2, 0.25) is 0 Å². The van der Waals surface area contributed by atoms with E-state index in [9.17, 15) is 0 Å². The molecule has 0 saturated carbocycles. The highest BCUT2D eigenvalue weighted by molar-refractivity contribution is 5.07. The fourth-order valence-corrected chi connectivity index (χ4v) is 0.898. The number of hydrogen-bond donors (Lipinski definition) is 0. The van der Waals surface area contributed by atoms with Gasteiger partial charge in [0.25, 0.3) is 0 Å². The highest BCUT2D eigenvalue weighted by Crippen LogP contribution is 2.15. The first-order valence-electron chi connectivity index (χ1n) is 2.76. The minimum Gasteiger partial charge on any atom is -0.253 e. The second-order valence-corrected chi connectivity index (χ2v) is 1.93. The van der Waals surface area contributed by atoms with Crippen molar-refractivity contribution in [1.82, 2.24) is 5.73 Å². The maximum absolute atomic E-state index is 6.93. The van der Waals surface area contributed by atoms with E-state index in [4.69, 9.17) is 5.73 Å². The summed E-state index contributed by atoms with van der Waals surface area (Å²) in [6.45, 7) is 0.528. The molecule has 0 spiro atoms. The first-order valence-corrected chi connectivity index (χ1v) is 2.76. The van der Waals surface area contributed by atoms with Crippen molar-refractivity contribution in [2.75, 3.05) is 6.54 Å². The summed E-state index contributed by atoms with van der Waals surface area (Å²) < 4.78 is 0. The monoisotopic (exact) mass is 96.1 g/mol. The lowest BCUT2D eigenvalue weighted by molar-refractivity contribution is 0.885. The molecule has 1 nitrogen and oxygen atoms in total. The summed E-state index contributed by atoms with van der Waals surface area (Å²) in [7, 11) is 0. The number of nitrogens with one attached hydrogen (secondary N) is 1. The van der Waals surface area contributed by atoms with Crippen molar-refractivity contribution in [3.63, 3.8) is 0 Å². The van der Waals surface area contributed by atoms with Crippen LogP contribution in [0.3, 0.4) is 0 Å². The Morgan fingerprint density at radius 3 is 2.86 bits per heavy atom. The molecule has 0 heterocycles. The topological polar surface area (TPSA) is 23.8 Å². The van der Waals surface area contributed by atoms with E-state index in [-0.39, 0.29) is 0 Å². The molecule has 0 amide bonds. The summed E-state index contributed by atoms with van der Waals surface area (Å²) in [5.74, 6) is 0. The molecule has 1 rings (SSSR count). The van der Waals surface area contributed by atoms with Gasteiger partial charge in [-0.05, 0) is 19.3 Å². The second-order valence-electron chi connectivity index (χ2n) is 1.93. The van der Waals surface area contributed by atoms with Crippen molar-refractivity contribution in [2.24, 2.45) is 0 Å². The first kappa shape index (κ1) is 4.85. The van der Waals surface area contributed by atoms with E-state index in [0.717, 1.165) is 0 Å². The third-order valence-electron chi connectivity index (χ3n) is 1.36. The van der Waals surface area contributed by atoms with Crippen LogP contribution in [-0.2, 0) is 0 Å². The van der Waals surface area contributed by atoms with Crippen LogP contribution in [0.4, 0.5) is 0 Å². The van der Waals surface area contributed by atoms with Crippen molar-refractivity contribution >= 4 is 0 Å². The lowest BCUT2D eigenvalue weighted by atomic mass is 10.2. The molecular formula is C6H10N. The summed E-state index contributed by atoms with van der Waals surface area (Å²) in [6.07, 6.45) is 5.87. The molecule has 1 aliphatic rings. The van der Waals surface area contributed by atoms with E-state index in [2.05, 4.69) is 6.08 Å². The normalized spacial score (nSPS) is 19.9. The fourth-order valence-electron chi connectivity index (χ4n) is 0.898. The third-order valence-corrected chi connectivity index (χ3v) is 1.36. The molecule has 1 aliphatic carbocycles. The van der Waals surface area contributed by atoms with E-state index < -0.39 is 0 Å². The van der Waals surface area contributed by atoms with Crippen LogP contribution in [0.1, 0.15) is 19.3 Å². The molecule has 7 heavy (non-hydrogen) atoms. The first-order chi connectivity index (χ1) is 3.43. The molecule has 0 fully saturated rings. The lowest BCUT2D eigenvalue weighted by Crippen LogP contribution is -1.85. The minimum atomic E-state index is 0.528. The number of rotatable bonds is 1. The zero-order chi connectivity index (χ0) is 5.11. The van der Waals surface area contributed by atoms with Crippen LogP contribution in [0, 0.1) is 0 Å². The third kappa shape index (κ3) is 1.03. The van der Waals surface area contributed by atoms with Crippen LogP contribution in [0.25, 0.3) is 0 Å². The molecule has 0 aromatic rings. The predicted molar refractivity (Wildman–Crippen MR) is 29.9 cm³/mol. The zero-order valence-electron chi connectivity index (χ0n) is 4.41. The molecule has 0 aromatic carbocycles. The highest BCUT2D eigenvalue weighted by Gasteiger charge is 1.99. The quantitative estimate of drug-likeness (QED) is 0.440. The molecule has 0 saturated heterocycles. The molecule has 0 unspecified atom stereocenters. The standard InChI is InChI=1S/C6H10N/c7-5-6-3-1-2-4-6/h3,7H,1-2,4-5H2. The van der Waals surface area contributed by atoms with E-state index in [1.807, 2.05) is 0 Å². The summed E-state index contributed by atoms with van der Waals surface area (Å²) in [4.78, 5) is 0. The highest BCUT2D eigenvalue weighted by atomic mass is 14.5. The van der Waals surface area contributed by atoms with E-state index in [1.54, 1.807) is 0 Å². The molecule has 0 aliphatic heterocycles. The van der Waals surface area contributed by atoms with Crippen molar-refractivity contribution < 1.29 is 0 Å². The second kappa shape index (κ2) is 2.12. The molecule has 1 heteroatoms. The molecule has 1 radical (unpaired) electrons. The van der Waals surface area contributed by atoms with Gasteiger partial charge in [-0.1, -0.05) is 11.6 Å². The van der Waals surface area contributed by atoms with Crippen LogP contribution in [0.2, 0.25) is 0 Å². The Hall–Kier alpha value is -0.300. The van der Waals surface area contributed by atoms with Gasteiger partial charge in [-0.15, -0.1) is 0 Å². The Balaban J connectivity index is 2.36. The maximum atomic E-state index is 6.93. The van der Waals surface area contributed by atoms with E-state index in [1.165, 1.54) is 24.8 Å². The summed E-state index contributed by atoms with van der Waals surface area (Å²) in [5.41, 5.74) is 8.26. The number of hydrogen-bond acceptors (Lipinski definition) is 0. The summed E-state index contributed by atoms with van der Waals surface area (Å²) >= 11 is 0. The largest absolute Gasteiger partial charge is 0.253 e. The average Bonchev–Trinajstić information content (AvgIpc) is 2.14. The van der Waals surface area contributed by atoms with Gasteiger partial charge in [0, 0.05) is 6.54 Å². The van der Waals surface area contributed by atoms with Gasteiger partial charge in [0.15, 0.2) is 0 Å². The van der Waals surface area contributed by atoms with Crippen molar-refractivity contribution in [2.45, 2.75) is 19.3 Å². The molecule has 0 atom stereocenters. The Morgan fingerprint density at radius 2 is 2.57 bits per heavy atom. The fraction of sp³-hybridized carbons (Fsp3) is 0.667. The Kier molecular flexibility index (Phi) is 1.47. The van der Waals surface area contributed by atoms with Crippen LogP contribution >= 0.6 is 0 Å². The molecule has 1 N–H and O–H groups in total. The zero-order valence-corrected chi connectivity index (χ0v) is 4.41. The van der Waals surface area contributed by atoms with Crippen molar-refractivity contribution in [1.29, 1.82) is 0 Å². The molecular weight excluding hydrogens is 86.1 g/mol. The van der Waals surface area contributed by atoms with Gasteiger partial charge in [0.05, 0.1) is 0 Å². The van der Waals surface area contributed by atoms with Gasteiger partial charge in [-0.25, -0.2) is 0 Å². The van der Waals surface area contributed by atoms with Crippen molar-refractivity contribution in [3.8, 4) is 0 Å². The Bertz CT molecular complexity index is 84.2. The predicted octanol–water partition coefficient (Wildman–Crippen LogP) is 1.38. The van der Waals surface area contributed by atoms with Gasteiger partial charge in [-0.3, -0.25) is 5.73 Å². The Labute approximate surface area is 44.2 Å². The van der Waals surface area contributed by atoms with Crippen LogP contribution < -0.4 is 5.73 Å². The van der Waals surface area contributed by atoms with Crippen LogP contribution in [0.5, 0.6) is 0 Å². The van der Waals surface area contributed by atoms with Gasteiger partial charge >= 0.3 is 0 Å². The number of allylic oxidation sites excluding steroid dienone is 1. The smallest absolute Gasteiger partial charge is 0.0310 e.